The van der Waals surface area contributed by atoms with E-state index in [0.29, 0.717) is 0 Å². The molecule has 188 valence electrons. The van der Waals surface area contributed by atoms with E-state index in [0.717, 1.165) is 30.5 Å². The van der Waals surface area contributed by atoms with Crippen LogP contribution in [-0.2, 0) is 23.3 Å². The SMILES string of the molecule is C[C@@H](SSC(C)(CCc1ccncc1)c1ccccc1)[C@](O)(Cn1cncn1)c1ccc(F)cc1F. The van der Waals surface area contributed by atoms with Crippen LogP contribution in [0.5, 0.6) is 0 Å². The molecule has 36 heavy (non-hydrogen) atoms. The van der Waals surface area contributed by atoms with E-state index < -0.39 is 22.5 Å². The Morgan fingerprint density at radius 1 is 1.03 bits per heavy atom. The van der Waals surface area contributed by atoms with Gasteiger partial charge < -0.3 is 5.11 Å². The van der Waals surface area contributed by atoms with E-state index in [9.17, 15) is 13.9 Å². The summed E-state index contributed by atoms with van der Waals surface area (Å²) in [6.45, 7) is 4.01. The van der Waals surface area contributed by atoms with Crippen molar-refractivity contribution >= 4 is 21.6 Å². The van der Waals surface area contributed by atoms with Crippen LogP contribution in [0.1, 0.15) is 37.0 Å². The number of benzene rings is 2. The highest BCUT2D eigenvalue weighted by Crippen LogP contribution is 2.51. The summed E-state index contributed by atoms with van der Waals surface area (Å²) in [5.41, 5.74) is 0.725. The van der Waals surface area contributed by atoms with E-state index >= 15 is 0 Å². The van der Waals surface area contributed by atoms with Crippen molar-refractivity contribution in [2.24, 2.45) is 0 Å². The van der Waals surface area contributed by atoms with Crippen LogP contribution in [0.3, 0.4) is 0 Å². The number of nitrogens with zero attached hydrogens (tertiary/aromatic N) is 4. The zero-order valence-electron chi connectivity index (χ0n) is 20.1. The minimum absolute atomic E-state index is 0.0245. The highest BCUT2D eigenvalue weighted by molar-refractivity contribution is 8.77. The van der Waals surface area contributed by atoms with Gasteiger partial charge in [-0.05, 0) is 56.0 Å². The molecule has 0 saturated heterocycles. The monoisotopic (exact) mass is 526 g/mol. The molecular formula is C27H28F2N4OS2. The second-order valence-corrected chi connectivity index (χ2v) is 12.0. The number of aliphatic hydroxyl groups is 1. The first kappa shape index (κ1) is 26.3. The van der Waals surface area contributed by atoms with Crippen LogP contribution in [-0.4, -0.2) is 30.1 Å². The van der Waals surface area contributed by atoms with Crippen molar-refractivity contribution in [2.45, 2.75) is 48.8 Å². The molecule has 0 amide bonds. The molecule has 0 spiro atoms. The largest absolute Gasteiger partial charge is 0.382 e. The molecule has 2 heterocycles. The summed E-state index contributed by atoms with van der Waals surface area (Å²) in [7, 11) is 3.13. The smallest absolute Gasteiger partial charge is 0.137 e. The molecule has 3 atom stereocenters. The zero-order chi connectivity index (χ0) is 25.6. The molecule has 0 aliphatic carbocycles. The molecule has 0 aliphatic rings. The number of rotatable bonds is 11. The maximum Gasteiger partial charge on any atom is 0.137 e. The lowest BCUT2D eigenvalue weighted by atomic mass is 9.90. The number of hydrogen-bond acceptors (Lipinski definition) is 6. The topological polar surface area (TPSA) is 63.8 Å². The van der Waals surface area contributed by atoms with E-state index in [-0.39, 0.29) is 16.9 Å². The molecule has 0 bridgehead atoms. The Labute approximate surface area is 217 Å². The summed E-state index contributed by atoms with van der Waals surface area (Å²) in [5.74, 6) is -1.49. The molecule has 4 rings (SSSR count). The quantitative estimate of drug-likeness (QED) is 0.236. The highest BCUT2D eigenvalue weighted by Gasteiger charge is 2.41. The van der Waals surface area contributed by atoms with Crippen molar-refractivity contribution in [3.8, 4) is 0 Å². The van der Waals surface area contributed by atoms with Crippen molar-refractivity contribution in [2.75, 3.05) is 0 Å². The van der Waals surface area contributed by atoms with E-state index in [1.807, 2.05) is 37.3 Å². The average Bonchev–Trinajstić information content (AvgIpc) is 3.40. The van der Waals surface area contributed by atoms with Crippen LogP contribution in [0.15, 0.2) is 85.7 Å². The third-order valence-corrected chi connectivity index (χ3v) is 10.2. The molecule has 0 fully saturated rings. The van der Waals surface area contributed by atoms with Crippen LogP contribution in [0, 0.1) is 11.6 Å². The first-order chi connectivity index (χ1) is 17.3. The van der Waals surface area contributed by atoms with Gasteiger partial charge in [-0.3, -0.25) is 4.98 Å². The van der Waals surface area contributed by atoms with Crippen molar-refractivity contribution in [1.82, 2.24) is 19.7 Å². The van der Waals surface area contributed by atoms with Crippen molar-refractivity contribution in [3.05, 3.63) is 114 Å². The Morgan fingerprint density at radius 2 is 1.78 bits per heavy atom. The molecule has 1 N–H and O–H groups in total. The predicted molar refractivity (Wildman–Crippen MR) is 141 cm³/mol. The van der Waals surface area contributed by atoms with Gasteiger partial charge in [0.05, 0.1) is 6.54 Å². The maximum absolute atomic E-state index is 14.9. The molecule has 2 aromatic heterocycles. The second-order valence-electron chi connectivity index (χ2n) is 8.92. The predicted octanol–water partition coefficient (Wildman–Crippen LogP) is 6.16. The first-order valence-corrected chi connectivity index (χ1v) is 13.8. The molecule has 0 radical (unpaired) electrons. The van der Waals surface area contributed by atoms with Crippen LogP contribution >= 0.6 is 21.6 Å². The van der Waals surface area contributed by atoms with Gasteiger partial charge in [0.1, 0.15) is 29.9 Å². The minimum atomic E-state index is -1.66. The fourth-order valence-electron chi connectivity index (χ4n) is 4.05. The summed E-state index contributed by atoms with van der Waals surface area (Å²) in [6.07, 6.45) is 8.12. The fraction of sp³-hybridized carbons (Fsp3) is 0.296. The average molecular weight is 527 g/mol. The van der Waals surface area contributed by atoms with E-state index in [4.69, 9.17) is 0 Å². The van der Waals surface area contributed by atoms with E-state index in [2.05, 4.69) is 34.1 Å². The summed E-state index contributed by atoms with van der Waals surface area (Å²) in [6, 6.07) is 17.5. The Balaban J connectivity index is 1.60. The number of hydrogen-bond donors (Lipinski definition) is 1. The fourth-order valence-corrected chi connectivity index (χ4v) is 7.27. The zero-order valence-corrected chi connectivity index (χ0v) is 21.7. The van der Waals surface area contributed by atoms with Gasteiger partial charge >= 0.3 is 0 Å². The Hall–Kier alpha value is -2.75. The van der Waals surface area contributed by atoms with Crippen molar-refractivity contribution < 1.29 is 13.9 Å². The number of aryl methyl sites for hydroxylation is 1. The molecular weight excluding hydrogens is 498 g/mol. The highest BCUT2D eigenvalue weighted by atomic mass is 33.1. The molecule has 1 unspecified atom stereocenters. The summed E-state index contributed by atoms with van der Waals surface area (Å²) in [5, 5.41) is 15.5. The Morgan fingerprint density at radius 3 is 2.44 bits per heavy atom. The lowest BCUT2D eigenvalue weighted by Gasteiger charge is -2.37. The third kappa shape index (κ3) is 6.14. The van der Waals surface area contributed by atoms with Gasteiger partial charge in [0, 0.05) is 34.0 Å². The maximum atomic E-state index is 14.9. The molecule has 5 nitrogen and oxygen atoms in total. The van der Waals surface area contributed by atoms with Gasteiger partial charge in [-0.25, -0.2) is 18.4 Å². The molecule has 0 aliphatic heterocycles. The minimum Gasteiger partial charge on any atom is -0.382 e. The van der Waals surface area contributed by atoms with Crippen molar-refractivity contribution in [3.63, 3.8) is 0 Å². The molecule has 9 heteroatoms. The molecule has 4 aromatic rings. The third-order valence-electron chi connectivity index (χ3n) is 6.34. The molecule has 0 saturated carbocycles. The van der Waals surface area contributed by atoms with Gasteiger partial charge in [0.25, 0.3) is 0 Å². The van der Waals surface area contributed by atoms with E-state index in [1.165, 1.54) is 39.8 Å². The van der Waals surface area contributed by atoms with Gasteiger partial charge in [0.15, 0.2) is 0 Å². The lowest BCUT2D eigenvalue weighted by molar-refractivity contribution is 0.0137. The Kier molecular flexibility index (Phi) is 8.43. The lowest BCUT2D eigenvalue weighted by Crippen LogP contribution is -2.41. The van der Waals surface area contributed by atoms with Crippen LogP contribution < -0.4 is 0 Å². The standard InChI is InChI=1S/C27H28F2N4OS2/c1-20(27(34,17-33-19-31-18-32-33)24-9-8-23(28)16-25(24)29)35-36-26(2,22-6-4-3-5-7-22)13-10-21-11-14-30-15-12-21/h3-9,11-12,14-16,18-20,34H,10,13,17H2,1-2H3/t20-,26?,27-/m1/s1. The summed E-state index contributed by atoms with van der Waals surface area (Å²) in [4.78, 5) is 8.05. The molecule has 2 aromatic carbocycles. The summed E-state index contributed by atoms with van der Waals surface area (Å²) >= 11 is 0. The van der Waals surface area contributed by atoms with Gasteiger partial charge in [-0.15, -0.1) is 0 Å². The van der Waals surface area contributed by atoms with Crippen LogP contribution in [0.4, 0.5) is 8.78 Å². The number of aromatic nitrogens is 4. The van der Waals surface area contributed by atoms with Crippen LogP contribution in [0.2, 0.25) is 0 Å². The normalized spacial score (nSPS) is 15.7. The van der Waals surface area contributed by atoms with Gasteiger partial charge in [-0.1, -0.05) is 58.0 Å². The summed E-state index contributed by atoms with van der Waals surface area (Å²) < 4.78 is 29.8. The number of halogens is 2. The number of pyridine rings is 1. The van der Waals surface area contributed by atoms with E-state index in [1.54, 1.807) is 23.2 Å². The first-order valence-electron chi connectivity index (χ1n) is 11.6. The van der Waals surface area contributed by atoms with Crippen molar-refractivity contribution in [1.29, 1.82) is 0 Å². The Bertz CT molecular complexity index is 1250. The van der Waals surface area contributed by atoms with Gasteiger partial charge in [0.2, 0.25) is 0 Å². The second kappa shape index (κ2) is 11.5. The van der Waals surface area contributed by atoms with Crippen LogP contribution in [0.25, 0.3) is 0 Å². The van der Waals surface area contributed by atoms with Gasteiger partial charge in [-0.2, -0.15) is 5.10 Å².